The molecule has 1 fully saturated rings. The van der Waals surface area contributed by atoms with E-state index in [1.165, 1.54) is 0 Å². The van der Waals surface area contributed by atoms with Gasteiger partial charge in [0.15, 0.2) is 0 Å². The minimum absolute atomic E-state index is 0.112. The molecule has 6 heteroatoms. The maximum absolute atomic E-state index is 11.4. The lowest BCUT2D eigenvalue weighted by atomic mass is 10.1. The average Bonchev–Trinajstić information content (AvgIpc) is 3.05. The van der Waals surface area contributed by atoms with Crippen molar-refractivity contribution in [3.05, 3.63) is 42.5 Å². The van der Waals surface area contributed by atoms with E-state index in [-0.39, 0.29) is 12.5 Å². The van der Waals surface area contributed by atoms with Crippen molar-refractivity contribution in [2.75, 3.05) is 39.3 Å². The summed E-state index contributed by atoms with van der Waals surface area (Å²) in [4.78, 5) is 15.4. The van der Waals surface area contributed by atoms with E-state index in [2.05, 4.69) is 4.90 Å². The zero-order valence-corrected chi connectivity index (χ0v) is 15.4. The molecule has 6 nitrogen and oxygen atoms in total. The summed E-state index contributed by atoms with van der Waals surface area (Å²) in [5.41, 5.74) is 1.68. The van der Waals surface area contributed by atoms with Gasteiger partial charge < -0.3 is 19.2 Å². The van der Waals surface area contributed by atoms with Crippen LogP contribution in [0.5, 0.6) is 5.75 Å². The first-order valence-corrected chi connectivity index (χ1v) is 9.30. The van der Waals surface area contributed by atoms with Crippen molar-refractivity contribution in [2.24, 2.45) is 0 Å². The number of β-amino-alcohol motifs (C(OH)–C–C–N with tert-alkyl or cyclic N) is 1. The first kappa shape index (κ1) is 17.8. The molecule has 1 aromatic heterocycles. The zero-order valence-electron chi connectivity index (χ0n) is 15.4. The number of aliphatic hydroxyl groups excluding tert-OH is 1. The number of amides is 1. The van der Waals surface area contributed by atoms with Gasteiger partial charge in [-0.05, 0) is 24.3 Å². The molecular formula is C21H24N2O4. The van der Waals surface area contributed by atoms with Gasteiger partial charge in [-0.25, -0.2) is 0 Å². The number of fused-ring (bicyclic) bond motifs is 3. The summed E-state index contributed by atoms with van der Waals surface area (Å²) in [6, 6.07) is 13.6. The van der Waals surface area contributed by atoms with Gasteiger partial charge in [0.05, 0.1) is 0 Å². The molecule has 27 heavy (non-hydrogen) atoms. The fraction of sp³-hybridized carbons (Fsp3) is 0.381. The second-order valence-electron chi connectivity index (χ2n) is 7.03. The van der Waals surface area contributed by atoms with Crippen LogP contribution in [0.1, 0.15) is 6.92 Å². The monoisotopic (exact) mass is 368 g/mol. The van der Waals surface area contributed by atoms with Crippen LogP contribution in [0.15, 0.2) is 46.9 Å². The van der Waals surface area contributed by atoms with Gasteiger partial charge in [0.2, 0.25) is 5.91 Å². The van der Waals surface area contributed by atoms with E-state index < -0.39 is 6.10 Å². The minimum atomic E-state index is -0.578. The second-order valence-corrected chi connectivity index (χ2v) is 7.03. The van der Waals surface area contributed by atoms with E-state index >= 15 is 0 Å². The predicted octanol–water partition coefficient (Wildman–Crippen LogP) is 2.49. The lowest BCUT2D eigenvalue weighted by molar-refractivity contribution is -0.130. The molecule has 1 N–H and O–H groups in total. The second kappa shape index (κ2) is 7.58. The number of nitrogens with zero attached hydrogens (tertiary/aromatic N) is 2. The highest BCUT2D eigenvalue weighted by Crippen LogP contribution is 2.31. The molecule has 3 aromatic rings. The molecule has 1 aliphatic rings. The molecule has 1 amide bonds. The van der Waals surface area contributed by atoms with Gasteiger partial charge in [-0.3, -0.25) is 9.69 Å². The van der Waals surface area contributed by atoms with Crippen molar-refractivity contribution in [1.29, 1.82) is 0 Å². The highest BCUT2D eigenvalue weighted by atomic mass is 16.5. The molecule has 1 aliphatic heterocycles. The number of aliphatic hydroxyl groups is 1. The number of rotatable bonds is 5. The molecule has 1 atom stereocenters. The number of para-hydroxylation sites is 1. The first-order chi connectivity index (χ1) is 13.1. The highest BCUT2D eigenvalue weighted by molar-refractivity contribution is 6.05. The highest BCUT2D eigenvalue weighted by Gasteiger charge is 2.20. The van der Waals surface area contributed by atoms with Gasteiger partial charge in [0.1, 0.15) is 29.6 Å². The van der Waals surface area contributed by atoms with Crippen molar-refractivity contribution in [1.82, 2.24) is 9.80 Å². The first-order valence-electron chi connectivity index (χ1n) is 9.30. The SMILES string of the molecule is CC(=O)N1CCN(C[C@H](O)COc2ccc3oc4ccccc4c3c2)CC1. The number of carbonyl (C=O) groups is 1. The van der Waals surface area contributed by atoms with E-state index in [1.807, 2.05) is 47.4 Å². The third kappa shape index (κ3) is 3.91. The number of hydrogen-bond acceptors (Lipinski definition) is 5. The largest absolute Gasteiger partial charge is 0.491 e. The quantitative estimate of drug-likeness (QED) is 0.750. The zero-order chi connectivity index (χ0) is 18.8. The van der Waals surface area contributed by atoms with Gasteiger partial charge in [-0.2, -0.15) is 0 Å². The van der Waals surface area contributed by atoms with Gasteiger partial charge in [-0.15, -0.1) is 0 Å². The van der Waals surface area contributed by atoms with Gasteiger partial charge in [0.25, 0.3) is 0 Å². The fourth-order valence-corrected chi connectivity index (χ4v) is 3.58. The van der Waals surface area contributed by atoms with Crippen molar-refractivity contribution >= 4 is 27.8 Å². The Morgan fingerprint density at radius 3 is 2.63 bits per heavy atom. The third-order valence-corrected chi connectivity index (χ3v) is 5.08. The van der Waals surface area contributed by atoms with Crippen molar-refractivity contribution < 1.29 is 19.1 Å². The van der Waals surface area contributed by atoms with Crippen LogP contribution in [-0.2, 0) is 4.79 Å². The van der Waals surface area contributed by atoms with Crippen LogP contribution < -0.4 is 4.74 Å². The average molecular weight is 368 g/mol. The molecule has 1 saturated heterocycles. The van der Waals surface area contributed by atoms with E-state index in [1.54, 1.807) is 6.92 Å². The maximum atomic E-state index is 11.4. The number of piperazine rings is 1. The minimum Gasteiger partial charge on any atom is -0.491 e. The van der Waals surface area contributed by atoms with E-state index in [0.29, 0.717) is 19.6 Å². The Bertz CT molecular complexity index is 944. The molecule has 0 bridgehead atoms. The van der Waals surface area contributed by atoms with Gasteiger partial charge in [0, 0.05) is 50.4 Å². The predicted molar refractivity (Wildman–Crippen MR) is 104 cm³/mol. The van der Waals surface area contributed by atoms with Crippen LogP contribution in [0.4, 0.5) is 0 Å². The van der Waals surface area contributed by atoms with Crippen molar-refractivity contribution in [3.63, 3.8) is 0 Å². The van der Waals surface area contributed by atoms with Crippen LogP contribution >= 0.6 is 0 Å². The molecular weight excluding hydrogens is 344 g/mol. The van der Waals surface area contributed by atoms with Crippen molar-refractivity contribution in [2.45, 2.75) is 13.0 Å². The molecule has 0 aliphatic carbocycles. The van der Waals surface area contributed by atoms with E-state index in [4.69, 9.17) is 9.15 Å². The standard InChI is InChI=1S/C21H24N2O4/c1-15(24)23-10-8-22(9-11-23)13-16(25)14-26-17-6-7-21-19(12-17)18-4-2-3-5-20(18)27-21/h2-7,12,16,25H,8-11,13-14H2,1H3/t16-/m0/s1. The fourth-order valence-electron chi connectivity index (χ4n) is 3.58. The van der Waals surface area contributed by atoms with Gasteiger partial charge >= 0.3 is 0 Å². The summed E-state index contributed by atoms with van der Waals surface area (Å²) >= 11 is 0. The number of carbonyl (C=O) groups excluding carboxylic acids is 1. The molecule has 2 heterocycles. The lowest BCUT2D eigenvalue weighted by Crippen LogP contribution is -2.50. The topological polar surface area (TPSA) is 66.2 Å². The summed E-state index contributed by atoms with van der Waals surface area (Å²) < 4.78 is 11.6. The number of furan rings is 1. The molecule has 0 unspecified atom stereocenters. The van der Waals surface area contributed by atoms with E-state index in [0.717, 1.165) is 40.8 Å². The molecule has 0 spiro atoms. The summed E-state index contributed by atoms with van der Waals surface area (Å²) in [6.45, 7) is 5.36. The maximum Gasteiger partial charge on any atom is 0.219 e. The van der Waals surface area contributed by atoms with Crippen molar-refractivity contribution in [3.8, 4) is 5.75 Å². The Morgan fingerprint density at radius 2 is 1.85 bits per heavy atom. The number of hydrogen-bond donors (Lipinski definition) is 1. The summed E-state index contributed by atoms with van der Waals surface area (Å²) in [5, 5.41) is 12.4. The van der Waals surface area contributed by atoms with Gasteiger partial charge in [-0.1, -0.05) is 18.2 Å². The molecule has 0 saturated carbocycles. The Labute approximate surface area is 157 Å². The van der Waals surface area contributed by atoms with Crippen LogP contribution in [-0.4, -0.2) is 66.2 Å². The third-order valence-electron chi connectivity index (χ3n) is 5.08. The Morgan fingerprint density at radius 1 is 1.11 bits per heavy atom. The summed E-state index contributed by atoms with van der Waals surface area (Å²) in [6.07, 6.45) is -0.578. The van der Waals surface area contributed by atoms with E-state index in [9.17, 15) is 9.90 Å². The molecule has 2 aromatic carbocycles. The van der Waals surface area contributed by atoms with Crippen LogP contribution in [0.2, 0.25) is 0 Å². The summed E-state index contributed by atoms with van der Waals surface area (Å²) in [7, 11) is 0. The van der Waals surface area contributed by atoms with Crippen LogP contribution in [0, 0.1) is 0 Å². The van der Waals surface area contributed by atoms with Crippen LogP contribution in [0.3, 0.4) is 0 Å². The summed E-state index contributed by atoms with van der Waals surface area (Å²) in [5.74, 6) is 0.829. The Kier molecular flexibility index (Phi) is 5.01. The molecule has 0 radical (unpaired) electrons. The normalized spacial score (nSPS) is 16.7. The number of benzene rings is 2. The van der Waals surface area contributed by atoms with Crippen LogP contribution in [0.25, 0.3) is 21.9 Å². The Hall–Kier alpha value is -2.57. The smallest absolute Gasteiger partial charge is 0.219 e. The number of ether oxygens (including phenoxy) is 1. The Balaban J connectivity index is 1.34. The lowest BCUT2D eigenvalue weighted by Gasteiger charge is -2.35. The molecule has 142 valence electrons. The molecule has 4 rings (SSSR count).